The quantitative estimate of drug-likeness (QED) is 0.133. The Kier molecular flexibility index (Phi) is 14.7. The minimum atomic E-state index is -0.658. The van der Waals surface area contributed by atoms with Gasteiger partial charge in [0.25, 0.3) is 0 Å². The van der Waals surface area contributed by atoms with Crippen LogP contribution in [0.2, 0.25) is 0 Å². The second-order valence-electron chi connectivity index (χ2n) is 34.1. The van der Waals surface area contributed by atoms with Crippen molar-refractivity contribution in [3.63, 3.8) is 0 Å². The molecule has 0 fully saturated rings. The molecule has 4 aliphatic carbocycles. The molecule has 24 rings (SSSR count). The predicted octanol–water partition coefficient (Wildman–Crippen LogP) is 30.6. The van der Waals surface area contributed by atoms with Gasteiger partial charge in [0.05, 0.1) is 22.2 Å². The number of nitrogens with zero attached hydrogens (tertiary/aromatic N) is 2. The van der Waals surface area contributed by atoms with Crippen LogP contribution in [0.25, 0.3) is 120 Å². The molecule has 0 N–H and O–H groups in total. The van der Waals surface area contributed by atoms with Crippen LogP contribution < -0.4 is 9.80 Å². The summed E-state index contributed by atoms with van der Waals surface area (Å²) >= 11 is 0. The van der Waals surface area contributed by atoms with Gasteiger partial charge in [0.2, 0.25) is 0 Å². The van der Waals surface area contributed by atoms with E-state index in [4.69, 9.17) is 0 Å². The Bertz CT molecular complexity index is 7610. The van der Waals surface area contributed by atoms with Crippen LogP contribution in [0.3, 0.4) is 0 Å². The van der Waals surface area contributed by atoms with Gasteiger partial charge >= 0.3 is 0 Å². The summed E-state index contributed by atoms with van der Waals surface area (Å²) in [5.74, 6) is 0. The van der Waals surface area contributed by atoms with Crippen LogP contribution in [0.4, 0.5) is 34.1 Å². The lowest BCUT2D eigenvalue weighted by molar-refractivity contribution is 0.563. The Hall–Kier alpha value is -14.4. The molecule has 118 heavy (non-hydrogen) atoms. The Balaban J connectivity index is 0.655. The van der Waals surface area contributed by atoms with Crippen LogP contribution in [-0.4, -0.2) is 0 Å². The zero-order valence-electron chi connectivity index (χ0n) is 66.2. The molecule has 0 saturated carbocycles. The molecule has 0 aliphatic heterocycles. The van der Waals surface area contributed by atoms with E-state index in [2.05, 4.69) is 450 Å². The largest absolute Gasteiger partial charge is 0.310 e. The molecule has 0 amide bonds. The summed E-state index contributed by atoms with van der Waals surface area (Å²) in [6.07, 6.45) is 0. The van der Waals surface area contributed by atoms with Crippen LogP contribution in [0, 0.1) is 0 Å². The third-order valence-corrected chi connectivity index (χ3v) is 27.5. The first-order chi connectivity index (χ1) is 58.0. The van der Waals surface area contributed by atoms with Crippen molar-refractivity contribution in [1.29, 1.82) is 0 Å². The van der Waals surface area contributed by atoms with Gasteiger partial charge < -0.3 is 9.80 Å². The van der Waals surface area contributed by atoms with Crippen molar-refractivity contribution in [1.82, 2.24) is 0 Å². The van der Waals surface area contributed by atoms with E-state index < -0.39 is 10.8 Å². The molecular weight excluding hydrogens is 1420 g/mol. The van der Waals surface area contributed by atoms with E-state index in [0.717, 1.165) is 39.7 Å². The van der Waals surface area contributed by atoms with Crippen molar-refractivity contribution < 1.29 is 0 Å². The van der Waals surface area contributed by atoms with E-state index in [9.17, 15) is 0 Å². The number of hydrogen-bond donors (Lipinski definition) is 0. The molecule has 20 aromatic rings. The van der Waals surface area contributed by atoms with Crippen LogP contribution in [-0.2, 0) is 21.7 Å². The number of hydrogen-bond acceptors (Lipinski definition) is 2. The lowest BCUT2D eigenvalue weighted by Gasteiger charge is -2.47. The molecule has 2 nitrogen and oxygen atoms in total. The third-order valence-electron chi connectivity index (χ3n) is 27.5. The van der Waals surface area contributed by atoms with Crippen LogP contribution >= 0.6 is 0 Å². The Morgan fingerprint density at radius 2 is 0.610 bits per heavy atom. The SMILES string of the molecule is CC1(C)c2ccccc2C2(c3ccccc3-c3ccccc32)c2ccc(-c3cccc(N(c4cccc5ccccc45)c4cc5ccccc5c5cc(-c6cccc7c6-c6ccccc6C76c7ccccc7C(C)(C)c7c(-c8ccc(N(c9ccc%10ccccc%10c9)c9ccc%10c(ccc%11ccccc%11%10)c9)cc8)cccc76)ccc45)c3)cc21. The summed E-state index contributed by atoms with van der Waals surface area (Å²) in [5, 5.41) is 14.5. The molecule has 0 aromatic heterocycles. The van der Waals surface area contributed by atoms with Gasteiger partial charge in [-0.05, 0) is 249 Å². The van der Waals surface area contributed by atoms with E-state index in [1.165, 1.54) is 181 Å². The van der Waals surface area contributed by atoms with Gasteiger partial charge in [-0.25, -0.2) is 0 Å². The zero-order valence-corrected chi connectivity index (χ0v) is 66.2. The minimum absolute atomic E-state index is 0.300. The highest BCUT2D eigenvalue weighted by atomic mass is 15.1. The molecule has 1 atom stereocenters. The topological polar surface area (TPSA) is 6.48 Å². The zero-order chi connectivity index (χ0) is 78.3. The van der Waals surface area contributed by atoms with Crippen LogP contribution in [0.15, 0.2) is 413 Å². The summed E-state index contributed by atoms with van der Waals surface area (Å²) in [4.78, 5) is 4.98. The summed E-state index contributed by atoms with van der Waals surface area (Å²) in [7, 11) is 0. The van der Waals surface area contributed by atoms with Crippen LogP contribution in [0.1, 0.15) is 94.5 Å². The molecule has 4 aliphatic rings. The molecule has 1 unspecified atom stereocenters. The first-order valence-electron chi connectivity index (χ1n) is 41.6. The average molecular weight is 1500 g/mol. The molecular formula is C116H80N2. The van der Waals surface area contributed by atoms with E-state index >= 15 is 0 Å². The fourth-order valence-electron chi connectivity index (χ4n) is 22.4. The summed E-state index contributed by atoms with van der Waals surface area (Å²) in [6.45, 7) is 9.79. The van der Waals surface area contributed by atoms with E-state index in [1.54, 1.807) is 0 Å². The molecule has 0 saturated heterocycles. The third kappa shape index (κ3) is 9.57. The van der Waals surface area contributed by atoms with Gasteiger partial charge in [0.15, 0.2) is 0 Å². The second kappa shape index (κ2) is 25.5. The molecule has 2 spiro atoms. The number of rotatable bonds is 9. The normalized spacial score (nSPS) is 15.2. The minimum Gasteiger partial charge on any atom is -0.310 e. The monoisotopic (exact) mass is 1500 g/mol. The van der Waals surface area contributed by atoms with Crippen molar-refractivity contribution in [2.75, 3.05) is 9.80 Å². The Morgan fingerprint density at radius 1 is 0.178 bits per heavy atom. The summed E-state index contributed by atoms with van der Waals surface area (Å²) in [6, 6.07) is 157. The highest BCUT2D eigenvalue weighted by Gasteiger charge is 2.56. The fraction of sp³-hybridized carbons (Fsp3) is 0.0690. The van der Waals surface area contributed by atoms with Gasteiger partial charge in [0, 0.05) is 44.4 Å². The van der Waals surface area contributed by atoms with Crippen molar-refractivity contribution in [2.45, 2.75) is 49.4 Å². The van der Waals surface area contributed by atoms with E-state index in [0.29, 0.717) is 0 Å². The number of fused-ring (bicyclic) bond motifs is 26. The average Bonchev–Trinajstić information content (AvgIpc) is 1.51. The maximum atomic E-state index is 2.55. The first kappa shape index (κ1) is 68.0. The molecule has 2 heteroatoms. The standard InChI is InChI=1S/C116H80N2/c1-113(2)101-46-19-21-48-103(101)115(98-43-16-13-38-93(98)94-39-14-17-44-99(94)115)105-66-59-79(71-108(105)113)78-33-23-34-84(68-78)118(109-52-24-32-74-28-8-12-37-90(74)109)110-72-80-31-9-11-36-88(80)97-70-82(58-64-95(97)110)91-41-25-50-106-111(91)96-40-15-18-45-100(96)116(106)104-49-22-20-47-102(104)114(3,4)112-92(42-26-51-107(112)116)76-56-60-83(61-57-76)117(85-62-55-73-27-5-6-30-77(73)67-85)86-63-65-89-81(69-86)54-53-75-29-7-10-35-87(75)89/h5-72H,1-4H3. The highest BCUT2D eigenvalue weighted by Crippen LogP contribution is 2.66. The van der Waals surface area contributed by atoms with Crippen molar-refractivity contribution >= 4 is 98.8 Å². The first-order valence-corrected chi connectivity index (χ1v) is 41.6. The lowest BCUT2D eigenvalue weighted by atomic mass is 9.54. The highest BCUT2D eigenvalue weighted by molar-refractivity contribution is 6.17. The van der Waals surface area contributed by atoms with E-state index in [1.807, 2.05) is 0 Å². The smallest absolute Gasteiger partial charge is 0.0719 e. The molecule has 554 valence electrons. The Morgan fingerprint density at radius 3 is 1.34 bits per heavy atom. The second-order valence-corrected chi connectivity index (χ2v) is 34.1. The van der Waals surface area contributed by atoms with Crippen molar-refractivity contribution in [3.8, 4) is 55.6 Å². The van der Waals surface area contributed by atoms with Gasteiger partial charge in [-0.3, -0.25) is 0 Å². The van der Waals surface area contributed by atoms with Gasteiger partial charge in [-0.2, -0.15) is 0 Å². The van der Waals surface area contributed by atoms with E-state index in [-0.39, 0.29) is 10.8 Å². The summed E-state index contributed by atoms with van der Waals surface area (Å²) in [5.41, 5.74) is 33.2. The van der Waals surface area contributed by atoms with Gasteiger partial charge in [0.1, 0.15) is 0 Å². The summed E-state index contributed by atoms with van der Waals surface area (Å²) < 4.78 is 0. The maximum absolute atomic E-state index is 2.55. The van der Waals surface area contributed by atoms with Crippen LogP contribution in [0.5, 0.6) is 0 Å². The molecule has 0 bridgehead atoms. The van der Waals surface area contributed by atoms with Gasteiger partial charge in [-0.1, -0.05) is 367 Å². The lowest BCUT2D eigenvalue weighted by Crippen LogP contribution is -2.41. The molecule has 0 radical (unpaired) electrons. The van der Waals surface area contributed by atoms with Crippen molar-refractivity contribution in [3.05, 3.63) is 479 Å². The van der Waals surface area contributed by atoms with Gasteiger partial charge in [-0.15, -0.1) is 0 Å². The number of benzene rings is 20. The Labute approximate surface area is 688 Å². The number of anilines is 6. The molecule has 20 aromatic carbocycles. The predicted molar refractivity (Wildman–Crippen MR) is 496 cm³/mol. The fourth-order valence-corrected chi connectivity index (χ4v) is 22.4. The molecule has 0 heterocycles. The maximum Gasteiger partial charge on any atom is 0.0719 e. The van der Waals surface area contributed by atoms with Crippen molar-refractivity contribution in [2.24, 2.45) is 0 Å².